The third-order valence-electron chi connectivity index (χ3n) is 2.90. The lowest BCUT2D eigenvalue weighted by molar-refractivity contribution is -0.155. The average molecular weight is 196 g/mol. The van der Waals surface area contributed by atoms with E-state index in [1.807, 2.05) is 13.8 Å². The minimum absolute atomic E-state index is 0.0415. The van der Waals surface area contributed by atoms with Gasteiger partial charge in [0.2, 0.25) is 0 Å². The second kappa shape index (κ2) is 4.63. The molecule has 0 aliphatic heterocycles. The zero-order valence-electron chi connectivity index (χ0n) is 9.27. The van der Waals surface area contributed by atoms with Crippen molar-refractivity contribution < 1.29 is 9.53 Å². The van der Waals surface area contributed by atoms with Crippen LogP contribution in [0.25, 0.3) is 0 Å². The fourth-order valence-corrected chi connectivity index (χ4v) is 1.90. The number of hydrogen-bond donors (Lipinski definition) is 0. The van der Waals surface area contributed by atoms with Crippen molar-refractivity contribution in [2.75, 3.05) is 6.61 Å². The van der Waals surface area contributed by atoms with Crippen molar-refractivity contribution in [3.8, 4) is 0 Å². The van der Waals surface area contributed by atoms with Crippen molar-refractivity contribution >= 4 is 5.97 Å². The zero-order valence-corrected chi connectivity index (χ0v) is 9.27. The Labute approximate surface area is 86.3 Å². The molecule has 0 unspecified atom stereocenters. The molecule has 1 rings (SSSR count). The van der Waals surface area contributed by atoms with E-state index in [2.05, 4.69) is 6.58 Å². The van der Waals surface area contributed by atoms with E-state index in [1.165, 1.54) is 6.42 Å². The van der Waals surface area contributed by atoms with Crippen molar-refractivity contribution in [1.29, 1.82) is 0 Å². The van der Waals surface area contributed by atoms with Gasteiger partial charge in [0.1, 0.15) is 6.61 Å². The first-order chi connectivity index (χ1) is 6.54. The predicted molar refractivity (Wildman–Crippen MR) is 57.0 cm³/mol. The van der Waals surface area contributed by atoms with Gasteiger partial charge in [-0.1, -0.05) is 25.8 Å². The molecule has 0 heterocycles. The summed E-state index contributed by atoms with van der Waals surface area (Å²) in [5, 5.41) is 0. The van der Waals surface area contributed by atoms with E-state index in [9.17, 15) is 4.79 Å². The maximum atomic E-state index is 11.8. The molecule has 0 aromatic rings. The molecule has 0 amide bonds. The Kier molecular flexibility index (Phi) is 3.73. The average Bonchev–Trinajstić information content (AvgIpc) is 2.15. The van der Waals surface area contributed by atoms with Crippen LogP contribution in [0.4, 0.5) is 0 Å². The topological polar surface area (TPSA) is 26.3 Å². The second-order valence-electron chi connectivity index (χ2n) is 4.65. The first-order valence-electron chi connectivity index (χ1n) is 5.36. The first kappa shape index (κ1) is 11.3. The van der Waals surface area contributed by atoms with Crippen LogP contribution in [0.3, 0.4) is 0 Å². The molecule has 0 aromatic heterocycles. The lowest BCUT2D eigenvalue weighted by Gasteiger charge is -2.30. The second-order valence-corrected chi connectivity index (χ2v) is 4.65. The molecule has 0 N–H and O–H groups in total. The molecule has 2 heteroatoms. The van der Waals surface area contributed by atoms with Gasteiger partial charge in [-0.2, -0.15) is 0 Å². The van der Waals surface area contributed by atoms with E-state index in [-0.39, 0.29) is 11.4 Å². The Morgan fingerprint density at radius 3 is 2.43 bits per heavy atom. The Bertz CT molecular complexity index is 224. The fraction of sp³-hybridized carbons (Fsp3) is 0.750. The Balaban J connectivity index is 2.45. The molecule has 1 aliphatic carbocycles. The van der Waals surface area contributed by atoms with Crippen LogP contribution < -0.4 is 0 Å². The number of carbonyl (C=O) groups excluding carboxylic acids is 1. The molecule has 1 aliphatic rings. The lowest BCUT2D eigenvalue weighted by Crippen LogP contribution is -2.32. The van der Waals surface area contributed by atoms with Gasteiger partial charge in [0.15, 0.2) is 0 Å². The minimum atomic E-state index is -0.228. The first-order valence-corrected chi connectivity index (χ1v) is 5.36. The van der Waals surface area contributed by atoms with E-state index in [0.717, 1.165) is 31.3 Å². The Morgan fingerprint density at radius 2 is 1.93 bits per heavy atom. The smallest absolute Gasteiger partial charge is 0.312 e. The van der Waals surface area contributed by atoms with E-state index >= 15 is 0 Å². The van der Waals surface area contributed by atoms with Gasteiger partial charge in [0.25, 0.3) is 0 Å². The standard InChI is InChI=1S/C12H20O2/c1-10(2)9-14-11(13)12(3)7-5-4-6-8-12/h1,4-9H2,2-3H3. The number of rotatable bonds is 3. The van der Waals surface area contributed by atoms with Gasteiger partial charge in [0, 0.05) is 0 Å². The Morgan fingerprint density at radius 1 is 1.36 bits per heavy atom. The zero-order chi connectivity index (χ0) is 10.6. The van der Waals surface area contributed by atoms with Crippen LogP contribution in [0.5, 0.6) is 0 Å². The quantitative estimate of drug-likeness (QED) is 0.512. The summed E-state index contributed by atoms with van der Waals surface area (Å²) in [5.74, 6) is -0.0415. The molecule has 2 nitrogen and oxygen atoms in total. The maximum Gasteiger partial charge on any atom is 0.312 e. The summed E-state index contributed by atoms with van der Waals surface area (Å²) >= 11 is 0. The molecule has 0 bridgehead atoms. The van der Waals surface area contributed by atoms with Crippen LogP contribution in [-0.2, 0) is 9.53 Å². The summed E-state index contributed by atoms with van der Waals surface area (Å²) in [6.45, 7) is 7.98. The Hall–Kier alpha value is -0.790. The van der Waals surface area contributed by atoms with Gasteiger partial charge in [-0.05, 0) is 32.3 Å². The van der Waals surface area contributed by atoms with Crippen molar-refractivity contribution in [1.82, 2.24) is 0 Å². The van der Waals surface area contributed by atoms with Gasteiger partial charge in [-0.15, -0.1) is 0 Å². The molecule has 1 fully saturated rings. The number of ether oxygens (including phenoxy) is 1. The summed E-state index contributed by atoms with van der Waals surface area (Å²) in [7, 11) is 0. The van der Waals surface area contributed by atoms with Gasteiger partial charge in [0.05, 0.1) is 5.41 Å². The monoisotopic (exact) mass is 196 g/mol. The van der Waals surface area contributed by atoms with Crippen LogP contribution in [-0.4, -0.2) is 12.6 Å². The molecule has 0 aromatic carbocycles. The SMILES string of the molecule is C=C(C)COC(=O)C1(C)CCCCC1. The van der Waals surface area contributed by atoms with Crippen LogP contribution in [0.2, 0.25) is 0 Å². The molecule has 0 atom stereocenters. The normalized spacial score (nSPS) is 20.1. The highest BCUT2D eigenvalue weighted by Crippen LogP contribution is 2.36. The molecule has 1 saturated carbocycles. The maximum absolute atomic E-state index is 11.8. The van der Waals surface area contributed by atoms with Crippen LogP contribution in [0.15, 0.2) is 12.2 Å². The molecular formula is C12H20O2. The van der Waals surface area contributed by atoms with Gasteiger partial charge >= 0.3 is 5.97 Å². The van der Waals surface area contributed by atoms with Gasteiger partial charge in [-0.25, -0.2) is 0 Å². The van der Waals surface area contributed by atoms with Crippen molar-refractivity contribution in [3.05, 3.63) is 12.2 Å². The molecular weight excluding hydrogens is 176 g/mol. The van der Waals surface area contributed by atoms with Crippen molar-refractivity contribution in [2.24, 2.45) is 5.41 Å². The molecule has 0 radical (unpaired) electrons. The highest BCUT2D eigenvalue weighted by molar-refractivity contribution is 5.76. The summed E-state index contributed by atoms with van der Waals surface area (Å²) in [4.78, 5) is 11.8. The summed E-state index contributed by atoms with van der Waals surface area (Å²) in [6, 6.07) is 0. The third kappa shape index (κ3) is 2.86. The number of hydrogen-bond acceptors (Lipinski definition) is 2. The van der Waals surface area contributed by atoms with Crippen LogP contribution >= 0.6 is 0 Å². The molecule has 0 saturated heterocycles. The number of carbonyl (C=O) groups is 1. The van der Waals surface area contributed by atoms with Crippen LogP contribution in [0, 0.1) is 5.41 Å². The summed E-state index contributed by atoms with van der Waals surface area (Å²) in [6.07, 6.45) is 5.50. The summed E-state index contributed by atoms with van der Waals surface area (Å²) in [5.41, 5.74) is 0.672. The highest BCUT2D eigenvalue weighted by atomic mass is 16.5. The van der Waals surface area contributed by atoms with Crippen molar-refractivity contribution in [3.63, 3.8) is 0 Å². The largest absolute Gasteiger partial charge is 0.461 e. The van der Waals surface area contributed by atoms with Gasteiger partial charge in [-0.3, -0.25) is 4.79 Å². The number of esters is 1. The van der Waals surface area contributed by atoms with Crippen LogP contribution in [0.1, 0.15) is 46.0 Å². The molecule has 80 valence electrons. The molecule has 14 heavy (non-hydrogen) atoms. The van der Waals surface area contributed by atoms with E-state index < -0.39 is 0 Å². The highest BCUT2D eigenvalue weighted by Gasteiger charge is 2.35. The predicted octanol–water partition coefficient (Wildman–Crippen LogP) is 3.08. The summed E-state index contributed by atoms with van der Waals surface area (Å²) < 4.78 is 5.21. The fourth-order valence-electron chi connectivity index (χ4n) is 1.90. The lowest BCUT2D eigenvalue weighted by atomic mass is 9.76. The minimum Gasteiger partial charge on any atom is -0.461 e. The van der Waals surface area contributed by atoms with E-state index in [4.69, 9.17) is 4.74 Å². The van der Waals surface area contributed by atoms with E-state index in [1.54, 1.807) is 0 Å². The molecule has 0 spiro atoms. The van der Waals surface area contributed by atoms with Crippen molar-refractivity contribution in [2.45, 2.75) is 46.0 Å². The third-order valence-corrected chi connectivity index (χ3v) is 2.90. The van der Waals surface area contributed by atoms with Gasteiger partial charge < -0.3 is 4.74 Å². The van der Waals surface area contributed by atoms with E-state index in [0.29, 0.717) is 6.61 Å².